The van der Waals surface area contributed by atoms with Crippen molar-refractivity contribution in [1.82, 2.24) is 9.88 Å². The Morgan fingerprint density at radius 2 is 2.35 bits per heavy atom. The van der Waals surface area contributed by atoms with E-state index in [0.717, 1.165) is 19.3 Å². The first-order valence-electron chi connectivity index (χ1n) is 5.85. The van der Waals surface area contributed by atoms with Crippen LogP contribution in [0.2, 0.25) is 0 Å². The molecule has 1 heterocycles. The van der Waals surface area contributed by atoms with Crippen molar-refractivity contribution >= 4 is 11.7 Å². The lowest BCUT2D eigenvalue weighted by molar-refractivity contribution is 0.0526. The molecule has 2 rings (SSSR count). The van der Waals surface area contributed by atoms with Crippen molar-refractivity contribution in [2.24, 2.45) is 0 Å². The van der Waals surface area contributed by atoms with E-state index in [1.165, 1.54) is 6.20 Å². The summed E-state index contributed by atoms with van der Waals surface area (Å²) in [5.74, 6) is 0.270. The van der Waals surface area contributed by atoms with Gasteiger partial charge in [-0.2, -0.15) is 0 Å². The molecular formula is C12H17N3O2. The van der Waals surface area contributed by atoms with Gasteiger partial charge >= 0.3 is 0 Å². The van der Waals surface area contributed by atoms with Gasteiger partial charge in [-0.05, 0) is 31.4 Å². The minimum atomic E-state index is -0.0714. The number of nitrogens with zero attached hydrogens (tertiary/aromatic N) is 2. The van der Waals surface area contributed by atoms with Gasteiger partial charge in [0.1, 0.15) is 5.82 Å². The van der Waals surface area contributed by atoms with Crippen molar-refractivity contribution in [3.63, 3.8) is 0 Å². The molecule has 0 atom stereocenters. The summed E-state index contributed by atoms with van der Waals surface area (Å²) in [5.41, 5.74) is 6.10. The lowest BCUT2D eigenvalue weighted by Crippen LogP contribution is -2.45. The second-order valence-corrected chi connectivity index (χ2v) is 4.28. The first-order valence-corrected chi connectivity index (χ1v) is 5.85. The number of pyridine rings is 1. The molecule has 1 aliphatic carbocycles. The highest BCUT2D eigenvalue weighted by Crippen LogP contribution is 2.26. The number of carbonyl (C=O) groups excluding carboxylic acids is 1. The highest BCUT2D eigenvalue weighted by atomic mass is 16.3. The van der Waals surface area contributed by atoms with E-state index in [4.69, 9.17) is 10.8 Å². The normalized spacial score (nSPS) is 15.4. The minimum Gasteiger partial charge on any atom is -0.395 e. The first kappa shape index (κ1) is 11.9. The third-order valence-corrected chi connectivity index (χ3v) is 3.15. The van der Waals surface area contributed by atoms with E-state index in [-0.39, 0.29) is 18.6 Å². The summed E-state index contributed by atoms with van der Waals surface area (Å²) in [6, 6.07) is 3.50. The average Bonchev–Trinajstić information content (AvgIpc) is 2.25. The topological polar surface area (TPSA) is 79.5 Å². The van der Waals surface area contributed by atoms with E-state index in [2.05, 4.69) is 4.98 Å². The molecular weight excluding hydrogens is 218 g/mol. The van der Waals surface area contributed by atoms with Crippen LogP contribution in [0.4, 0.5) is 5.82 Å². The Bertz CT molecular complexity index is 404. The Kier molecular flexibility index (Phi) is 3.58. The molecule has 1 saturated carbocycles. The Hall–Kier alpha value is -1.62. The van der Waals surface area contributed by atoms with Crippen LogP contribution < -0.4 is 5.73 Å². The maximum absolute atomic E-state index is 12.3. The second kappa shape index (κ2) is 5.14. The average molecular weight is 235 g/mol. The lowest BCUT2D eigenvalue weighted by atomic mass is 9.91. The molecule has 17 heavy (non-hydrogen) atoms. The van der Waals surface area contributed by atoms with Crippen LogP contribution in [0, 0.1) is 0 Å². The number of aromatic nitrogens is 1. The molecule has 0 aliphatic heterocycles. The molecule has 0 bridgehead atoms. The number of carbonyl (C=O) groups is 1. The molecule has 1 fully saturated rings. The summed E-state index contributed by atoms with van der Waals surface area (Å²) in [6.45, 7) is 0.370. The Labute approximate surface area is 100 Å². The van der Waals surface area contributed by atoms with Gasteiger partial charge in [-0.25, -0.2) is 4.98 Å². The molecule has 1 aliphatic rings. The number of aliphatic hydroxyl groups excluding tert-OH is 1. The number of rotatable bonds is 4. The molecule has 0 aromatic carbocycles. The van der Waals surface area contributed by atoms with E-state index < -0.39 is 0 Å². The molecule has 0 saturated heterocycles. The van der Waals surface area contributed by atoms with E-state index in [1.54, 1.807) is 17.0 Å². The van der Waals surface area contributed by atoms with Gasteiger partial charge in [0, 0.05) is 24.3 Å². The van der Waals surface area contributed by atoms with E-state index >= 15 is 0 Å². The number of anilines is 1. The summed E-state index contributed by atoms with van der Waals surface area (Å²) in [7, 11) is 0. The van der Waals surface area contributed by atoms with Gasteiger partial charge in [0.05, 0.1) is 6.61 Å². The van der Waals surface area contributed by atoms with Gasteiger partial charge in [0.2, 0.25) is 0 Å². The number of aliphatic hydroxyl groups is 1. The molecule has 3 N–H and O–H groups in total. The third kappa shape index (κ3) is 2.55. The lowest BCUT2D eigenvalue weighted by Gasteiger charge is -2.37. The van der Waals surface area contributed by atoms with Gasteiger partial charge in [-0.3, -0.25) is 4.79 Å². The fraction of sp³-hybridized carbons (Fsp3) is 0.500. The Morgan fingerprint density at radius 1 is 1.59 bits per heavy atom. The SMILES string of the molecule is Nc1cc(C(=O)N(CCO)C2CCC2)ccn1. The molecule has 0 spiro atoms. The monoisotopic (exact) mass is 235 g/mol. The van der Waals surface area contributed by atoms with Crippen molar-refractivity contribution < 1.29 is 9.90 Å². The van der Waals surface area contributed by atoms with Crippen molar-refractivity contribution in [2.75, 3.05) is 18.9 Å². The summed E-state index contributed by atoms with van der Waals surface area (Å²) in [4.78, 5) is 17.9. The first-order chi connectivity index (χ1) is 8.22. The molecule has 1 amide bonds. The summed E-state index contributed by atoms with van der Waals surface area (Å²) < 4.78 is 0. The van der Waals surface area contributed by atoms with Crippen LogP contribution in [0.3, 0.4) is 0 Å². The van der Waals surface area contributed by atoms with Crippen molar-refractivity contribution in [3.8, 4) is 0 Å². The van der Waals surface area contributed by atoms with Crippen LogP contribution in [-0.4, -0.2) is 40.1 Å². The van der Waals surface area contributed by atoms with Crippen LogP contribution in [0.5, 0.6) is 0 Å². The Morgan fingerprint density at radius 3 is 2.88 bits per heavy atom. The molecule has 1 aromatic heterocycles. The molecule has 5 nitrogen and oxygen atoms in total. The quantitative estimate of drug-likeness (QED) is 0.803. The molecule has 5 heteroatoms. The van der Waals surface area contributed by atoms with Gasteiger partial charge < -0.3 is 15.7 Å². The second-order valence-electron chi connectivity index (χ2n) is 4.28. The van der Waals surface area contributed by atoms with E-state index in [1.807, 2.05) is 0 Å². The molecule has 0 radical (unpaired) electrons. The van der Waals surface area contributed by atoms with Crippen LogP contribution in [0.25, 0.3) is 0 Å². The third-order valence-electron chi connectivity index (χ3n) is 3.15. The highest BCUT2D eigenvalue weighted by molar-refractivity contribution is 5.95. The van der Waals surface area contributed by atoms with Gasteiger partial charge in [-0.15, -0.1) is 0 Å². The van der Waals surface area contributed by atoms with E-state index in [0.29, 0.717) is 17.9 Å². The van der Waals surface area contributed by atoms with Gasteiger partial charge in [0.25, 0.3) is 5.91 Å². The minimum absolute atomic E-state index is 0.0111. The largest absolute Gasteiger partial charge is 0.395 e. The van der Waals surface area contributed by atoms with Crippen LogP contribution >= 0.6 is 0 Å². The summed E-state index contributed by atoms with van der Waals surface area (Å²) in [6.07, 6.45) is 4.72. The van der Waals surface area contributed by atoms with Gasteiger partial charge in [-0.1, -0.05) is 0 Å². The maximum Gasteiger partial charge on any atom is 0.254 e. The number of nitrogens with two attached hydrogens (primary N) is 1. The van der Waals surface area contributed by atoms with Crippen molar-refractivity contribution in [2.45, 2.75) is 25.3 Å². The number of nitrogen functional groups attached to an aromatic ring is 1. The molecule has 0 unspecified atom stereocenters. The predicted octanol–water partition coefficient (Wildman–Crippen LogP) is 0.651. The van der Waals surface area contributed by atoms with Crippen LogP contribution in [0.15, 0.2) is 18.3 Å². The maximum atomic E-state index is 12.3. The Balaban J connectivity index is 2.15. The number of hydrogen-bond donors (Lipinski definition) is 2. The zero-order valence-electron chi connectivity index (χ0n) is 9.67. The standard InChI is InChI=1S/C12H17N3O2/c13-11-8-9(4-5-14-11)12(17)15(6-7-16)10-2-1-3-10/h4-5,8,10,16H,1-3,6-7H2,(H2,13,14). The molecule has 92 valence electrons. The van der Waals surface area contributed by atoms with Gasteiger partial charge in [0.15, 0.2) is 0 Å². The summed E-state index contributed by atoms with van der Waals surface area (Å²) >= 11 is 0. The van der Waals surface area contributed by atoms with Crippen LogP contribution in [0.1, 0.15) is 29.6 Å². The molecule has 1 aromatic rings. The fourth-order valence-electron chi connectivity index (χ4n) is 2.00. The smallest absolute Gasteiger partial charge is 0.254 e. The zero-order valence-corrected chi connectivity index (χ0v) is 9.67. The predicted molar refractivity (Wildman–Crippen MR) is 64.4 cm³/mol. The highest BCUT2D eigenvalue weighted by Gasteiger charge is 2.28. The van der Waals surface area contributed by atoms with E-state index in [9.17, 15) is 4.79 Å². The number of amides is 1. The number of hydrogen-bond acceptors (Lipinski definition) is 4. The zero-order chi connectivity index (χ0) is 12.3. The summed E-state index contributed by atoms with van der Waals surface area (Å²) in [5, 5.41) is 9.02. The van der Waals surface area contributed by atoms with Crippen molar-refractivity contribution in [3.05, 3.63) is 23.9 Å². The fourth-order valence-corrected chi connectivity index (χ4v) is 2.00. The van der Waals surface area contributed by atoms with Crippen molar-refractivity contribution in [1.29, 1.82) is 0 Å². The van der Waals surface area contributed by atoms with Crippen LogP contribution in [-0.2, 0) is 0 Å².